The third-order valence-electron chi connectivity index (χ3n) is 2.53. The smallest absolute Gasteiger partial charge is 0.237 e. The van der Waals surface area contributed by atoms with Crippen molar-refractivity contribution in [1.82, 2.24) is 4.90 Å². The average molecular weight is 329 g/mol. The molecule has 0 saturated heterocycles. The molecule has 0 heterocycles. The van der Waals surface area contributed by atoms with Crippen LogP contribution in [0.1, 0.15) is 18.4 Å². The minimum absolute atomic E-state index is 0.0472. The zero-order valence-corrected chi connectivity index (χ0v) is 12.1. The predicted molar refractivity (Wildman–Crippen MR) is 75.1 cm³/mol. The molecule has 0 saturated carbocycles. The largest absolute Gasteiger partial charge is 0.396 e. The van der Waals surface area contributed by atoms with Crippen LogP contribution in [0.2, 0.25) is 0 Å². The molecule has 0 aliphatic heterocycles. The molecule has 5 nitrogen and oxygen atoms in total. The number of hydrogen-bond donors (Lipinski definition) is 2. The lowest BCUT2D eigenvalue weighted by molar-refractivity contribution is -0.136. The standard InChI is InChI=1S/C13H17BrN2O3/c14-11-5-3-10(4-6-11)8-16(9-12(15)18)13(19)2-1-7-17/h3-6,17H,1-2,7-9H2,(H2,15,18). The quantitative estimate of drug-likeness (QED) is 0.784. The highest BCUT2D eigenvalue weighted by atomic mass is 79.9. The zero-order chi connectivity index (χ0) is 14.3. The second kappa shape index (κ2) is 7.91. The van der Waals surface area contributed by atoms with Crippen molar-refractivity contribution in [2.45, 2.75) is 19.4 Å². The molecule has 3 N–H and O–H groups in total. The summed E-state index contributed by atoms with van der Waals surface area (Å²) in [5.74, 6) is -0.731. The van der Waals surface area contributed by atoms with Gasteiger partial charge in [0.25, 0.3) is 0 Å². The molecule has 0 bridgehead atoms. The molecule has 0 radical (unpaired) electrons. The van der Waals surface area contributed by atoms with Crippen LogP contribution in [0.3, 0.4) is 0 Å². The molecule has 0 spiro atoms. The van der Waals surface area contributed by atoms with E-state index >= 15 is 0 Å². The molecule has 0 atom stereocenters. The van der Waals surface area contributed by atoms with Crippen molar-refractivity contribution in [3.63, 3.8) is 0 Å². The third-order valence-corrected chi connectivity index (χ3v) is 3.06. The topological polar surface area (TPSA) is 83.6 Å². The van der Waals surface area contributed by atoms with Gasteiger partial charge in [-0.25, -0.2) is 0 Å². The van der Waals surface area contributed by atoms with Crippen LogP contribution in [0.5, 0.6) is 0 Å². The van der Waals surface area contributed by atoms with Crippen molar-refractivity contribution in [3.8, 4) is 0 Å². The Labute approximate surface area is 120 Å². The van der Waals surface area contributed by atoms with Crippen LogP contribution >= 0.6 is 15.9 Å². The first-order valence-electron chi connectivity index (χ1n) is 5.94. The molecular formula is C13H17BrN2O3. The third kappa shape index (κ3) is 5.85. The van der Waals surface area contributed by atoms with Crippen LogP contribution in [0.25, 0.3) is 0 Å². The Morgan fingerprint density at radius 1 is 1.26 bits per heavy atom. The number of nitrogens with two attached hydrogens (primary N) is 1. The number of benzene rings is 1. The van der Waals surface area contributed by atoms with Crippen LogP contribution in [0.15, 0.2) is 28.7 Å². The maximum Gasteiger partial charge on any atom is 0.237 e. The highest BCUT2D eigenvalue weighted by Crippen LogP contribution is 2.13. The van der Waals surface area contributed by atoms with Crippen molar-refractivity contribution in [3.05, 3.63) is 34.3 Å². The Bertz CT molecular complexity index is 434. The van der Waals surface area contributed by atoms with E-state index in [2.05, 4.69) is 15.9 Å². The highest BCUT2D eigenvalue weighted by molar-refractivity contribution is 9.10. The first-order chi connectivity index (χ1) is 9.02. The number of rotatable bonds is 7. The van der Waals surface area contributed by atoms with Gasteiger partial charge in [-0.2, -0.15) is 0 Å². The summed E-state index contributed by atoms with van der Waals surface area (Å²) in [6, 6.07) is 7.49. The summed E-state index contributed by atoms with van der Waals surface area (Å²) >= 11 is 3.33. The van der Waals surface area contributed by atoms with Gasteiger partial charge in [0.05, 0.1) is 6.54 Å². The number of halogens is 1. The number of carbonyl (C=O) groups is 2. The molecule has 1 rings (SSSR count). The number of carbonyl (C=O) groups excluding carboxylic acids is 2. The molecule has 0 aromatic heterocycles. The fourth-order valence-electron chi connectivity index (χ4n) is 1.62. The van der Waals surface area contributed by atoms with Gasteiger partial charge in [0, 0.05) is 24.0 Å². The zero-order valence-electron chi connectivity index (χ0n) is 10.5. The van der Waals surface area contributed by atoms with Gasteiger partial charge in [0.2, 0.25) is 11.8 Å². The minimum Gasteiger partial charge on any atom is -0.396 e. The van der Waals surface area contributed by atoms with E-state index in [1.54, 1.807) is 0 Å². The number of hydrogen-bond acceptors (Lipinski definition) is 3. The van der Waals surface area contributed by atoms with Crippen LogP contribution in [-0.2, 0) is 16.1 Å². The van der Waals surface area contributed by atoms with Crippen molar-refractivity contribution < 1.29 is 14.7 Å². The second-order valence-electron chi connectivity index (χ2n) is 4.17. The van der Waals surface area contributed by atoms with E-state index in [1.807, 2.05) is 24.3 Å². The van der Waals surface area contributed by atoms with E-state index in [9.17, 15) is 9.59 Å². The fraction of sp³-hybridized carbons (Fsp3) is 0.385. The molecule has 1 aromatic carbocycles. The Morgan fingerprint density at radius 2 is 1.89 bits per heavy atom. The summed E-state index contributed by atoms with van der Waals surface area (Å²) < 4.78 is 0.948. The van der Waals surface area contributed by atoms with Crippen molar-refractivity contribution in [2.24, 2.45) is 5.73 Å². The van der Waals surface area contributed by atoms with Crippen LogP contribution < -0.4 is 5.73 Å². The maximum atomic E-state index is 11.9. The molecule has 0 unspecified atom stereocenters. The molecule has 0 aliphatic carbocycles. The predicted octanol–water partition coefficient (Wildman–Crippen LogP) is 1.04. The number of aliphatic hydroxyl groups is 1. The van der Waals surface area contributed by atoms with Crippen LogP contribution in [0.4, 0.5) is 0 Å². The van der Waals surface area contributed by atoms with Crippen LogP contribution in [-0.4, -0.2) is 35.0 Å². The van der Waals surface area contributed by atoms with E-state index in [-0.39, 0.29) is 25.5 Å². The van der Waals surface area contributed by atoms with E-state index in [4.69, 9.17) is 10.8 Å². The summed E-state index contributed by atoms with van der Waals surface area (Å²) in [7, 11) is 0. The molecule has 6 heteroatoms. The number of aliphatic hydroxyl groups excluding tert-OH is 1. The number of primary amides is 1. The maximum absolute atomic E-state index is 11.9. The lowest BCUT2D eigenvalue weighted by Gasteiger charge is -2.21. The van der Waals surface area contributed by atoms with E-state index in [0.717, 1.165) is 10.0 Å². The van der Waals surface area contributed by atoms with Crippen molar-refractivity contribution in [2.75, 3.05) is 13.2 Å². The first-order valence-corrected chi connectivity index (χ1v) is 6.73. The summed E-state index contributed by atoms with van der Waals surface area (Å²) in [6.07, 6.45) is 0.592. The molecule has 104 valence electrons. The van der Waals surface area contributed by atoms with Crippen molar-refractivity contribution >= 4 is 27.7 Å². The first kappa shape index (κ1) is 15.7. The molecular weight excluding hydrogens is 312 g/mol. The monoisotopic (exact) mass is 328 g/mol. The molecule has 0 aliphatic rings. The lowest BCUT2D eigenvalue weighted by Crippen LogP contribution is -2.37. The second-order valence-corrected chi connectivity index (χ2v) is 5.09. The number of nitrogens with zero attached hydrogens (tertiary/aromatic N) is 1. The fourth-order valence-corrected chi connectivity index (χ4v) is 1.88. The van der Waals surface area contributed by atoms with Gasteiger partial charge in [-0.05, 0) is 24.1 Å². The highest BCUT2D eigenvalue weighted by Gasteiger charge is 2.15. The Hall–Kier alpha value is -1.40. The van der Waals surface area contributed by atoms with Gasteiger partial charge in [-0.1, -0.05) is 28.1 Å². The molecule has 2 amide bonds. The molecule has 1 aromatic rings. The Kier molecular flexibility index (Phi) is 6.52. The van der Waals surface area contributed by atoms with Gasteiger partial charge >= 0.3 is 0 Å². The summed E-state index contributed by atoms with van der Waals surface area (Å²) in [5.41, 5.74) is 6.07. The summed E-state index contributed by atoms with van der Waals surface area (Å²) in [6.45, 7) is 0.176. The van der Waals surface area contributed by atoms with Crippen molar-refractivity contribution in [1.29, 1.82) is 0 Å². The summed E-state index contributed by atoms with van der Waals surface area (Å²) in [5, 5.41) is 8.73. The van der Waals surface area contributed by atoms with Gasteiger partial charge in [-0.3, -0.25) is 9.59 Å². The van der Waals surface area contributed by atoms with E-state index in [1.165, 1.54) is 4.90 Å². The van der Waals surface area contributed by atoms with Crippen LogP contribution in [0, 0.1) is 0 Å². The Morgan fingerprint density at radius 3 is 2.42 bits per heavy atom. The summed E-state index contributed by atoms with van der Waals surface area (Å²) in [4.78, 5) is 24.3. The van der Waals surface area contributed by atoms with E-state index in [0.29, 0.717) is 13.0 Å². The SMILES string of the molecule is NC(=O)CN(Cc1ccc(Br)cc1)C(=O)CCCO. The van der Waals surface area contributed by atoms with Gasteiger partial charge in [0.15, 0.2) is 0 Å². The average Bonchev–Trinajstić information content (AvgIpc) is 2.37. The van der Waals surface area contributed by atoms with Gasteiger partial charge < -0.3 is 15.7 Å². The normalized spacial score (nSPS) is 10.2. The lowest BCUT2D eigenvalue weighted by atomic mass is 10.2. The van der Waals surface area contributed by atoms with E-state index < -0.39 is 5.91 Å². The minimum atomic E-state index is -0.547. The number of amides is 2. The Balaban J connectivity index is 2.70. The molecule has 0 fully saturated rings. The molecule has 19 heavy (non-hydrogen) atoms. The van der Waals surface area contributed by atoms with Gasteiger partial charge in [0.1, 0.15) is 0 Å². The van der Waals surface area contributed by atoms with Gasteiger partial charge in [-0.15, -0.1) is 0 Å².